The topological polar surface area (TPSA) is 45.2 Å². The molecule has 0 saturated carbocycles. The van der Waals surface area contributed by atoms with Gasteiger partial charge in [0.15, 0.2) is 0 Å². The molecule has 5 heteroatoms. The Hall–Kier alpha value is -1.46. The van der Waals surface area contributed by atoms with Crippen LogP contribution in [-0.2, 0) is 11.2 Å². The quantitative estimate of drug-likeness (QED) is 0.780. The Labute approximate surface area is 148 Å². The lowest BCUT2D eigenvalue weighted by Gasteiger charge is -2.33. The molecule has 0 spiro atoms. The first kappa shape index (κ1) is 17.4. The van der Waals surface area contributed by atoms with E-state index in [0.29, 0.717) is 12.5 Å². The smallest absolute Gasteiger partial charge is 0.220 e. The van der Waals surface area contributed by atoms with E-state index < -0.39 is 0 Å². The van der Waals surface area contributed by atoms with Gasteiger partial charge in [-0.25, -0.2) is 4.98 Å². The molecule has 0 unspecified atom stereocenters. The maximum atomic E-state index is 12.0. The fourth-order valence-electron chi connectivity index (χ4n) is 3.34. The van der Waals surface area contributed by atoms with Gasteiger partial charge in [-0.2, -0.15) is 0 Å². The van der Waals surface area contributed by atoms with Crippen molar-refractivity contribution in [2.75, 3.05) is 19.6 Å². The molecule has 1 fully saturated rings. The Morgan fingerprint density at radius 1 is 1.38 bits per heavy atom. The Balaban J connectivity index is 1.33. The third kappa shape index (κ3) is 4.77. The number of amides is 1. The van der Waals surface area contributed by atoms with Crippen molar-refractivity contribution in [3.63, 3.8) is 0 Å². The number of carbonyl (C=O) groups excluding carboxylic acids is 1. The van der Waals surface area contributed by atoms with Crippen LogP contribution in [0.3, 0.4) is 0 Å². The molecule has 2 aromatic rings. The monoisotopic (exact) mass is 345 g/mol. The van der Waals surface area contributed by atoms with Gasteiger partial charge in [0.2, 0.25) is 5.91 Å². The molecule has 1 aliphatic heterocycles. The maximum absolute atomic E-state index is 12.0. The zero-order chi connectivity index (χ0) is 16.8. The Kier molecular flexibility index (Phi) is 6.21. The third-order valence-corrected chi connectivity index (χ3v) is 5.89. The molecule has 3 rings (SSSR count). The van der Waals surface area contributed by atoms with Crippen LogP contribution in [0.2, 0.25) is 0 Å². The summed E-state index contributed by atoms with van der Waals surface area (Å²) in [5, 5.41) is 4.10. The highest BCUT2D eigenvalue weighted by atomic mass is 32.1. The standard InChI is InChI=1S/C19H27N3OS/c1-15-7-4-5-13-22(15)14-6-12-20-18(23)10-11-19-21-16-8-2-3-9-17(16)24-19/h2-3,8-9,15H,4-7,10-14H2,1H3,(H,20,23)/t15-/m0/s1. The average molecular weight is 346 g/mol. The molecule has 1 N–H and O–H groups in total. The van der Waals surface area contributed by atoms with Gasteiger partial charge in [-0.15, -0.1) is 11.3 Å². The van der Waals surface area contributed by atoms with Gasteiger partial charge in [0, 0.05) is 32.0 Å². The number of rotatable bonds is 7. The van der Waals surface area contributed by atoms with Crippen molar-refractivity contribution in [2.24, 2.45) is 0 Å². The van der Waals surface area contributed by atoms with Gasteiger partial charge in [0.05, 0.1) is 15.2 Å². The van der Waals surface area contributed by atoms with Crippen molar-refractivity contribution in [3.8, 4) is 0 Å². The van der Waals surface area contributed by atoms with Gasteiger partial charge in [0.25, 0.3) is 0 Å². The van der Waals surface area contributed by atoms with E-state index in [9.17, 15) is 4.79 Å². The first-order valence-corrected chi connectivity index (χ1v) is 9.89. The molecular formula is C19H27N3OS. The van der Waals surface area contributed by atoms with Crippen molar-refractivity contribution in [1.82, 2.24) is 15.2 Å². The molecule has 1 atom stereocenters. The van der Waals surface area contributed by atoms with Crippen molar-refractivity contribution in [2.45, 2.75) is 51.5 Å². The third-order valence-electron chi connectivity index (χ3n) is 4.79. The van der Waals surface area contributed by atoms with Gasteiger partial charge in [-0.05, 0) is 44.9 Å². The van der Waals surface area contributed by atoms with E-state index in [2.05, 4.69) is 28.2 Å². The van der Waals surface area contributed by atoms with E-state index >= 15 is 0 Å². The predicted molar refractivity (Wildman–Crippen MR) is 100 cm³/mol. The number of likely N-dealkylation sites (tertiary alicyclic amines) is 1. The second kappa shape index (κ2) is 8.58. The molecular weight excluding hydrogens is 318 g/mol. The first-order chi connectivity index (χ1) is 11.7. The predicted octanol–water partition coefficient (Wildman–Crippen LogP) is 3.61. The molecule has 2 heterocycles. The highest BCUT2D eigenvalue weighted by Crippen LogP contribution is 2.22. The van der Waals surface area contributed by atoms with Gasteiger partial charge >= 0.3 is 0 Å². The van der Waals surface area contributed by atoms with Crippen LogP contribution in [0.1, 0.15) is 44.0 Å². The lowest BCUT2D eigenvalue weighted by atomic mass is 10.0. The van der Waals surface area contributed by atoms with Crippen LogP contribution in [0.4, 0.5) is 0 Å². The number of benzene rings is 1. The molecule has 1 aromatic carbocycles. The highest BCUT2D eigenvalue weighted by molar-refractivity contribution is 7.18. The van der Waals surface area contributed by atoms with E-state index in [1.54, 1.807) is 11.3 Å². The zero-order valence-electron chi connectivity index (χ0n) is 14.5. The zero-order valence-corrected chi connectivity index (χ0v) is 15.3. The summed E-state index contributed by atoms with van der Waals surface area (Å²) in [6.45, 7) is 5.41. The molecule has 1 saturated heterocycles. The van der Waals surface area contributed by atoms with Crippen LogP contribution in [0, 0.1) is 0 Å². The number of hydrogen-bond donors (Lipinski definition) is 1. The first-order valence-electron chi connectivity index (χ1n) is 9.07. The minimum atomic E-state index is 0.140. The summed E-state index contributed by atoms with van der Waals surface area (Å²) >= 11 is 1.69. The van der Waals surface area contributed by atoms with Crippen LogP contribution < -0.4 is 5.32 Å². The van der Waals surface area contributed by atoms with E-state index in [4.69, 9.17) is 0 Å². The lowest BCUT2D eigenvalue weighted by Crippen LogP contribution is -2.39. The van der Waals surface area contributed by atoms with Crippen molar-refractivity contribution >= 4 is 27.5 Å². The Bertz CT molecular complexity index is 636. The molecule has 24 heavy (non-hydrogen) atoms. The highest BCUT2D eigenvalue weighted by Gasteiger charge is 2.17. The Morgan fingerprint density at radius 2 is 2.25 bits per heavy atom. The largest absolute Gasteiger partial charge is 0.356 e. The van der Waals surface area contributed by atoms with Gasteiger partial charge < -0.3 is 10.2 Å². The maximum Gasteiger partial charge on any atom is 0.220 e. The van der Waals surface area contributed by atoms with E-state index in [0.717, 1.165) is 36.5 Å². The van der Waals surface area contributed by atoms with Gasteiger partial charge in [-0.3, -0.25) is 4.79 Å². The van der Waals surface area contributed by atoms with Crippen LogP contribution in [0.5, 0.6) is 0 Å². The number of fused-ring (bicyclic) bond motifs is 1. The number of carbonyl (C=O) groups is 1. The number of hydrogen-bond acceptors (Lipinski definition) is 4. The number of piperidine rings is 1. The molecule has 1 aromatic heterocycles. The van der Waals surface area contributed by atoms with Crippen molar-refractivity contribution in [1.29, 1.82) is 0 Å². The van der Waals surface area contributed by atoms with Gasteiger partial charge in [-0.1, -0.05) is 18.6 Å². The van der Waals surface area contributed by atoms with E-state index in [1.807, 2.05) is 18.2 Å². The fourth-order valence-corrected chi connectivity index (χ4v) is 4.30. The van der Waals surface area contributed by atoms with Crippen LogP contribution in [0.15, 0.2) is 24.3 Å². The molecule has 1 aliphatic rings. The summed E-state index contributed by atoms with van der Waals surface area (Å²) in [5.74, 6) is 0.140. The number of aromatic nitrogens is 1. The SMILES string of the molecule is C[C@H]1CCCCN1CCCNC(=O)CCc1nc2ccccc2s1. The minimum absolute atomic E-state index is 0.140. The van der Waals surface area contributed by atoms with E-state index in [1.165, 1.54) is 30.5 Å². The summed E-state index contributed by atoms with van der Waals surface area (Å²) in [4.78, 5) is 19.1. The van der Waals surface area contributed by atoms with Crippen molar-refractivity contribution in [3.05, 3.63) is 29.3 Å². The summed E-state index contributed by atoms with van der Waals surface area (Å²) in [5.41, 5.74) is 1.04. The second-order valence-corrected chi connectivity index (χ2v) is 7.77. The number of thiazole rings is 1. The molecule has 1 amide bonds. The minimum Gasteiger partial charge on any atom is -0.356 e. The normalized spacial score (nSPS) is 18.8. The summed E-state index contributed by atoms with van der Waals surface area (Å²) in [7, 11) is 0. The number of aryl methyl sites for hydroxylation is 1. The van der Waals surface area contributed by atoms with E-state index in [-0.39, 0.29) is 5.91 Å². The summed E-state index contributed by atoms with van der Waals surface area (Å²) in [6, 6.07) is 8.84. The average Bonchev–Trinajstić information content (AvgIpc) is 3.01. The van der Waals surface area contributed by atoms with Crippen LogP contribution in [-0.4, -0.2) is 41.5 Å². The number of nitrogens with one attached hydrogen (secondary N) is 1. The second-order valence-electron chi connectivity index (χ2n) is 6.66. The number of nitrogens with zero attached hydrogens (tertiary/aromatic N) is 2. The lowest BCUT2D eigenvalue weighted by molar-refractivity contribution is -0.121. The van der Waals surface area contributed by atoms with Crippen LogP contribution >= 0.6 is 11.3 Å². The molecule has 0 aliphatic carbocycles. The summed E-state index contributed by atoms with van der Waals surface area (Å²) in [6.07, 6.45) is 6.29. The molecule has 0 radical (unpaired) electrons. The Morgan fingerprint density at radius 3 is 3.08 bits per heavy atom. The van der Waals surface area contributed by atoms with Crippen LogP contribution in [0.25, 0.3) is 10.2 Å². The molecule has 0 bridgehead atoms. The molecule has 4 nitrogen and oxygen atoms in total. The summed E-state index contributed by atoms with van der Waals surface area (Å²) < 4.78 is 1.20. The molecule has 130 valence electrons. The fraction of sp³-hybridized carbons (Fsp3) is 0.579. The van der Waals surface area contributed by atoms with Gasteiger partial charge in [0.1, 0.15) is 0 Å². The van der Waals surface area contributed by atoms with Crippen molar-refractivity contribution < 1.29 is 4.79 Å². The number of para-hydroxylation sites is 1.